The first-order valence-electron chi connectivity index (χ1n) is 22.7. The summed E-state index contributed by atoms with van der Waals surface area (Å²) in [5.41, 5.74) is 0. The van der Waals surface area contributed by atoms with Gasteiger partial charge in [0.1, 0.15) is 13.2 Å². The van der Waals surface area contributed by atoms with E-state index in [1.807, 2.05) is 0 Å². The van der Waals surface area contributed by atoms with Crippen LogP contribution < -0.4 is 0 Å². The van der Waals surface area contributed by atoms with Crippen molar-refractivity contribution < 1.29 is 28.6 Å². The van der Waals surface area contributed by atoms with Crippen LogP contribution in [0.2, 0.25) is 0 Å². The average molecular weight is 737 g/mol. The lowest BCUT2D eigenvalue weighted by molar-refractivity contribution is -0.167. The SMILES string of the molecule is CCCCCCCCCCCCCCC(=O)OC[C@H](COC(=O)CCCCCCCCCCCC(C)C)OC(=O)CCCCCCCCCC(C)C. The molecule has 0 rings (SSSR count). The fraction of sp³-hybridized carbons (Fsp3) is 0.935. The number of esters is 3. The second-order valence-electron chi connectivity index (χ2n) is 16.6. The van der Waals surface area contributed by atoms with E-state index in [4.69, 9.17) is 14.2 Å². The molecule has 0 fully saturated rings. The van der Waals surface area contributed by atoms with Crippen molar-refractivity contribution in [1.82, 2.24) is 0 Å². The van der Waals surface area contributed by atoms with E-state index in [0.29, 0.717) is 19.3 Å². The Hall–Kier alpha value is -1.59. The van der Waals surface area contributed by atoms with Crippen LogP contribution in [0.5, 0.6) is 0 Å². The maximum atomic E-state index is 12.7. The van der Waals surface area contributed by atoms with Crippen LogP contribution in [-0.2, 0) is 28.6 Å². The van der Waals surface area contributed by atoms with Gasteiger partial charge in [-0.1, -0.05) is 208 Å². The van der Waals surface area contributed by atoms with Crippen LogP contribution in [0.15, 0.2) is 0 Å². The zero-order chi connectivity index (χ0) is 38.3. The third-order valence-electron chi connectivity index (χ3n) is 10.2. The highest BCUT2D eigenvalue weighted by Gasteiger charge is 2.19. The molecular weight excluding hydrogens is 648 g/mol. The van der Waals surface area contributed by atoms with Crippen LogP contribution in [0, 0.1) is 11.8 Å². The van der Waals surface area contributed by atoms with Crippen molar-refractivity contribution in [3.8, 4) is 0 Å². The summed E-state index contributed by atoms with van der Waals surface area (Å²) in [6.07, 6.45) is 36.7. The van der Waals surface area contributed by atoms with Gasteiger partial charge in [0, 0.05) is 19.3 Å². The Morgan fingerprint density at radius 3 is 0.942 bits per heavy atom. The number of carbonyl (C=O) groups excluding carboxylic acids is 3. The maximum Gasteiger partial charge on any atom is 0.306 e. The average Bonchev–Trinajstić information content (AvgIpc) is 3.11. The standard InChI is InChI=1S/C46H88O6/c1-6-7-8-9-10-11-12-13-16-21-26-31-36-44(47)50-39-43(52-46(49)38-33-28-23-18-20-25-30-35-42(4)5)40-51-45(48)37-32-27-22-17-14-15-19-24-29-34-41(2)3/h41-43H,6-40H2,1-5H3/t43-/m1/s1. The molecule has 0 radical (unpaired) electrons. The molecule has 308 valence electrons. The smallest absolute Gasteiger partial charge is 0.306 e. The van der Waals surface area contributed by atoms with E-state index in [1.54, 1.807) is 0 Å². The number of rotatable bonds is 40. The van der Waals surface area contributed by atoms with Gasteiger partial charge in [-0.05, 0) is 31.1 Å². The number of hydrogen-bond donors (Lipinski definition) is 0. The molecule has 0 aliphatic heterocycles. The first-order chi connectivity index (χ1) is 25.2. The third-order valence-corrected chi connectivity index (χ3v) is 10.2. The number of unbranched alkanes of at least 4 members (excludes halogenated alkanes) is 25. The fourth-order valence-corrected chi connectivity index (χ4v) is 6.75. The van der Waals surface area contributed by atoms with E-state index < -0.39 is 6.10 Å². The largest absolute Gasteiger partial charge is 0.462 e. The van der Waals surface area contributed by atoms with Gasteiger partial charge in [-0.3, -0.25) is 14.4 Å². The Bertz CT molecular complexity index is 794. The molecule has 0 bridgehead atoms. The summed E-state index contributed by atoms with van der Waals surface area (Å²) in [4.78, 5) is 37.7. The molecule has 0 aromatic heterocycles. The lowest BCUT2D eigenvalue weighted by Gasteiger charge is -2.18. The minimum Gasteiger partial charge on any atom is -0.462 e. The molecule has 6 nitrogen and oxygen atoms in total. The molecule has 0 N–H and O–H groups in total. The fourth-order valence-electron chi connectivity index (χ4n) is 6.75. The van der Waals surface area contributed by atoms with Crippen molar-refractivity contribution in [1.29, 1.82) is 0 Å². The van der Waals surface area contributed by atoms with Gasteiger partial charge in [-0.25, -0.2) is 0 Å². The van der Waals surface area contributed by atoms with Crippen molar-refractivity contribution in [2.24, 2.45) is 11.8 Å². The van der Waals surface area contributed by atoms with Gasteiger partial charge >= 0.3 is 17.9 Å². The monoisotopic (exact) mass is 737 g/mol. The Kier molecular flexibility index (Phi) is 37.9. The molecule has 0 saturated carbocycles. The summed E-state index contributed by atoms with van der Waals surface area (Å²) in [7, 11) is 0. The zero-order valence-corrected chi connectivity index (χ0v) is 35.4. The molecule has 0 aromatic rings. The molecule has 0 heterocycles. The molecule has 0 aliphatic rings. The van der Waals surface area contributed by atoms with Crippen molar-refractivity contribution in [2.75, 3.05) is 13.2 Å². The highest BCUT2D eigenvalue weighted by molar-refractivity contribution is 5.71. The third kappa shape index (κ3) is 39.6. The van der Waals surface area contributed by atoms with E-state index in [2.05, 4.69) is 34.6 Å². The molecule has 0 spiro atoms. The van der Waals surface area contributed by atoms with Gasteiger partial charge < -0.3 is 14.2 Å². The van der Waals surface area contributed by atoms with E-state index in [0.717, 1.165) is 69.6 Å². The quantitative estimate of drug-likeness (QED) is 0.0354. The Balaban J connectivity index is 4.33. The van der Waals surface area contributed by atoms with Crippen LogP contribution in [0.25, 0.3) is 0 Å². The van der Waals surface area contributed by atoms with E-state index in [9.17, 15) is 14.4 Å². The topological polar surface area (TPSA) is 78.9 Å². The maximum absolute atomic E-state index is 12.7. The Labute approximate surface area is 323 Å². The van der Waals surface area contributed by atoms with Gasteiger partial charge in [0.25, 0.3) is 0 Å². The Morgan fingerprint density at radius 2 is 0.635 bits per heavy atom. The van der Waals surface area contributed by atoms with Crippen LogP contribution in [0.4, 0.5) is 0 Å². The second kappa shape index (κ2) is 39.1. The van der Waals surface area contributed by atoms with Crippen molar-refractivity contribution in [3.05, 3.63) is 0 Å². The van der Waals surface area contributed by atoms with Crippen molar-refractivity contribution >= 4 is 17.9 Å². The zero-order valence-electron chi connectivity index (χ0n) is 35.4. The molecule has 0 aromatic carbocycles. The predicted molar refractivity (Wildman–Crippen MR) is 220 cm³/mol. The highest BCUT2D eigenvalue weighted by Crippen LogP contribution is 2.16. The first kappa shape index (κ1) is 50.4. The minimum absolute atomic E-state index is 0.0655. The molecule has 52 heavy (non-hydrogen) atoms. The summed E-state index contributed by atoms with van der Waals surface area (Å²) < 4.78 is 16.7. The van der Waals surface area contributed by atoms with Gasteiger partial charge in [0.15, 0.2) is 6.10 Å². The van der Waals surface area contributed by atoms with Crippen molar-refractivity contribution in [3.63, 3.8) is 0 Å². The second-order valence-corrected chi connectivity index (χ2v) is 16.6. The van der Waals surface area contributed by atoms with Gasteiger partial charge in [0.2, 0.25) is 0 Å². The molecule has 0 unspecified atom stereocenters. The molecule has 6 heteroatoms. The number of ether oxygens (including phenoxy) is 3. The number of hydrogen-bond acceptors (Lipinski definition) is 6. The van der Waals surface area contributed by atoms with E-state index in [-0.39, 0.29) is 31.1 Å². The van der Waals surface area contributed by atoms with Crippen LogP contribution >= 0.6 is 0 Å². The summed E-state index contributed by atoms with van der Waals surface area (Å²) in [6.45, 7) is 11.3. The molecular formula is C46H88O6. The van der Waals surface area contributed by atoms with E-state index >= 15 is 0 Å². The lowest BCUT2D eigenvalue weighted by atomic mass is 10.0. The molecule has 0 amide bonds. The molecule has 0 saturated heterocycles. The van der Waals surface area contributed by atoms with Crippen LogP contribution in [0.3, 0.4) is 0 Å². The summed E-state index contributed by atoms with van der Waals surface area (Å²) >= 11 is 0. The minimum atomic E-state index is -0.760. The molecule has 1 atom stereocenters. The summed E-state index contributed by atoms with van der Waals surface area (Å²) in [6, 6.07) is 0. The molecule has 0 aliphatic carbocycles. The first-order valence-corrected chi connectivity index (χ1v) is 22.7. The Morgan fingerprint density at radius 1 is 0.365 bits per heavy atom. The summed E-state index contributed by atoms with van der Waals surface area (Å²) in [5, 5.41) is 0. The van der Waals surface area contributed by atoms with Crippen molar-refractivity contribution in [2.45, 2.75) is 253 Å². The lowest BCUT2D eigenvalue weighted by Crippen LogP contribution is -2.30. The van der Waals surface area contributed by atoms with Crippen LogP contribution in [-0.4, -0.2) is 37.2 Å². The van der Waals surface area contributed by atoms with E-state index in [1.165, 1.54) is 135 Å². The van der Waals surface area contributed by atoms with Crippen LogP contribution in [0.1, 0.15) is 247 Å². The number of carbonyl (C=O) groups is 3. The van der Waals surface area contributed by atoms with Gasteiger partial charge in [-0.15, -0.1) is 0 Å². The van der Waals surface area contributed by atoms with Gasteiger partial charge in [0.05, 0.1) is 0 Å². The summed E-state index contributed by atoms with van der Waals surface area (Å²) in [5.74, 6) is 0.725. The van der Waals surface area contributed by atoms with Gasteiger partial charge in [-0.2, -0.15) is 0 Å². The predicted octanol–water partition coefficient (Wildman–Crippen LogP) is 14.2. The highest BCUT2D eigenvalue weighted by atomic mass is 16.6. The normalized spacial score (nSPS) is 12.1.